The van der Waals surface area contributed by atoms with Crippen molar-refractivity contribution in [2.75, 3.05) is 13.2 Å². The van der Waals surface area contributed by atoms with Gasteiger partial charge in [-0.15, -0.1) is 0 Å². The van der Waals surface area contributed by atoms with Crippen molar-refractivity contribution in [1.82, 2.24) is 0 Å². The van der Waals surface area contributed by atoms with Crippen LogP contribution in [-0.4, -0.2) is 24.3 Å². The quantitative estimate of drug-likeness (QED) is 0.723. The summed E-state index contributed by atoms with van der Waals surface area (Å²) in [5.41, 5.74) is 1.25. The Hall–Kier alpha value is -1.68. The van der Waals surface area contributed by atoms with Gasteiger partial charge in [0.1, 0.15) is 11.5 Å². The molecule has 1 N–H and O–H groups in total. The molecule has 0 amide bonds. The van der Waals surface area contributed by atoms with E-state index in [1.165, 1.54) is 0 Å². The lowest BCUT2D eigenvalue weighted by Gasteiger charge is -2.15. The molecule has 0 atom stereocenters. The van der Waals surface area contributed by atoms with Crippen LogP contribution in [0.1, 0.15) is 39.2 Å². The Morgan fingerprint density at radius 3 is 2.29 bits per heavy atom. The Kier molecular flexibility index (Phi) is 7.09. The number of carbonyl (C=O) groups is 1. The maximum Gasteiger partial charge on any atom is 0.328 e. The molecule has 116 valence electrons. The molecule has 0 saturated heterocycles. The molecule has 1 aromatic rings. The van der Waals surface area contributed by atoms with Gasteiger partial charge in [-0.2, -0.15) is 0 Å². The average Bonchev–Trinajstić information content (AvgIpc) is 2.43. The molecule has 0 heterocycles. The van der Waals surface area contributed by atoms with Crippen LogP contribution < -0.4 is 9.47 Å². The van der Waals surface area contributed by atoms with E-state index in [2.05, 4.69) is 0 Å². The van der Waals surface area contributed by atoms with Gasteiger partial charge in [0, 0.05) is 17.7 Å². The minimum absolute atomic E-state index is 0.445. The summed E-state index contributed by atoms with van der Waals surface area (Å²) in [7, 11) is 0. The monoisotopic (exact) mass is 312 g/mol. The lowest BCUT2D eigenvalue weighted by molar-refractivity contribution is -0.131. The maximum atomic E-state index is 10.8. The second-order valence-corrected chi connectivity index (χ2v) is 5.05. The molecule has 21 heavy (non-hydrogen) atoms. The van der Waals surface area contributed by atoms with Crippen LogP contribution in [0.2, 0.25) is 5.02 Å². The van der Waals surface area contributed by atoms with Gasteiger partial charge in [0.15, 0.2) is 0 Å². The van der Waals surface area contributed by atoms with E-state index in [-0.39, 0.29) is 0 Å². The molecule has 1 rings (SSSR count). The fourth-order valence-corrected chi connectivity index (χ4v) is 1.98. The van der Waals surface area contributed by atoms with Gasteiger partial charge in [-0.3, -0.25) is 0 Å². The molecule has 0 aliphatic rings. The summed E-state index contributed by atoms with van der Waals surface area (Å²) in [6, 6.07) is 3.41. The summed E-state index contributed by atoms with van der Waals surface area (Å²) < 4.78 is 11.3. The number of carboxylic acids is 1. The third-order valence-corrected chi connectivity index (χ3v) is 3.02. The molecule has 5 heteroatoms. The average molecular weight is 313 g/mol. The largest absolute Gasteiger partial charge is 0.493 e. The summed E-state index contributed by atoms with van der Waals surface area (Å²) in [4.78, 5) is 10.8. The predicted molar refractivity (Wildman–Crippen MR) is 84.3 cm³/mol. The molecule has 4 nitrogen and oxygen atoms in total. The smallest absolute Gasteiger partial charge is 0.328 e. The zero-order valence-corrected chi connectivity index (χ0v) is 13.4. The predicted octanol–water partition coefficient (Wildman–Crippen LogP) is 4.41. The Bertz CT molecular complexity index is 523. The van der Waals surface area contributed by atoms with Crippen LogP contribution in [0.25, 0.3) is 5.57 Å². The van der Waals surface area contributed by atoms with Crippen molar-refractivity contribution < 1.29 is 19.4 Å². The fraction of sp³-hybridized carbons (Fsp3) is 0.438. The van der Waals surface area contributed by atoms with E-state index in [0.29, 0.717) is 40.9 Å². The first-order valence-electron chi connectivity index (χ1n) is 7.00. The first-order chi connectivity index (χ1) is 9.99. The highest BCUT2D eigenvalue weighted by molar-refractivity contribution is 6.32. The van der Waals surface area contributed by atoms with Gasteiger partial charge >= 0.3 is 5.97 Å². The van der Waals surface area contributed by atoms with E-state index in [0.717, 1.165) is 18.9 Å². The van der Waals surface area contributed by atoms with Gasteiger partial charge in [-0.05, 0) is 31.4 Å². The number of carboxylic acid groups (broad SMARTS) is 1. The molecule has 0 aromatic heterocycles. The second-order valence-electron chi connectivity index (χ2n) is 4.64. The van der Waals surface area contributed by atoms with Crippen molar-refractivity contribution in [1.29, 1.82) is 0 Å². The molecule has 0 bridgehead atoms. The number of hydrogen-bond donors (Lipinski definition) is 1. The SMILES string of the molecule is CCCOc1cc(OCCC)c(/C(C)=C/C(=O)O)cc1Cl. The summed E-state index contributed by atoms with van der Waals surface area (Å²) in [6.07, 6.45) is 2.87. The number of allylic oxidation sites excluding steroid dienone is 1. The first-order valence-corrected chi connectivity index (χ1v) is 7.38. The molecular formula is C16H21ClO4. The third-order valence-electron chi connectivity index (χ3n) is 2.72. The van der Waals surface area contributed by atoms with Crippen LogP contribution in [0.5, 0.6) is 11.5 Å². The van der Waals surface area contributed by atoms with Gasteiger partial charge in [0.05, 0.1) is 18.2 Å². The van der Waals surface area contributed by atoms with E-state index >= 15 is 0 Å². The topological polar surface area (TPSA) is 55.8 Å². The van der Waals surface area contributed by atoms with Gasteiger partial charge < -0.3 is 14.6 Å². The number of benzene rings is 1. The highest BCUT2D eigenvalue weighted by atomic mass is 35.5. The first kappa shape index (κ1) is 17.4. The van der Waals surface area contributed by atoms with Crippen LogP contribution in [0.3, 0.4) is 0 Å². The highest BCUT2D eigenvalue weighted by Gasteiger charge is 2.13. The molecule has 0 unspecified atom stereocenters. The molecule has 0 aliphatic heterocycles. The minimum atomic E-state index is -1.00. The summed E-state index contributed by atoms with van der Waals surface area (Å²) >= 11 is 6.20. The number of aliphatic carboxylic acids is 1. The number of rotatable bonds is 8. The second kappa shape index (κ2) is 8.57. The summed E-state index contributed by atoms with van der Waals surface area (Å²) in [6.45, 7) is 6.84. The van der Waals surface area contributed by atoms with E-state index in [1.54, 1.807) is 19.1 Å². The maximum absolute atomic E-state index is 10.8. The normalized spacial score (nSPS) is 11.3. The lowest BCUT2D eigenvalue weighted by Crippen LogP contribution is -2.02. The third kappa shape index (κ3) is 5.31. The van der Waals surface area contributed by atoms with Crippen molar-refractivity contribution in [2.45, 2.75) is 33.6 Å². The molecule has 0 spiro atoms. The van der Waals surface area contributed by atoms with E-state index in [9.17, 15) is 4.79 Å². The number of hydrogen-bond acceptors (Lipinski definition) is 3. The fourth-order valence-electron chi connectivity index (χ4n) is 1.76. The minimum Gasteiger partial charge on any atom is -0.493 e. The van der Waals surface area contributed by atoms with Crippen molar-refractivity contribution in [3.8, 4) is 11.5 Å². The molecule has 0 radical (unpaired) electrons. The van der Waals surface area contributed by atoms with Gasteiger partial charge in [0.2, 0.25) is 0 Å². The summed E-state index contributed by atoms with van der Waals surface area (Å²) in [5, 5.41) is 9.32. The van der Waals surface area contributed by atoms with Crippen LogP contribution in [-0.2, 0) is 4.79 Å². The van der Waals surface area contributed by atoms with Crippen LogP contribution in [0.15, 0.2) is 18.2 Å². The van der Waals surface area contributed by atoms with Crippen molar-refractivity contribution in [3.63, 3.8) is 0 Å². The zero-order valence-electron chi connectivity index (χ0n) is 12.6. The van der Waals surface area contributed by atoms with Crippen LogP contribution in [0, 0.1) is 0 Å². The highest BCUT2D eigenvalue weighted by Crippen LogP contribution is 2.36. The van der Waals surface area contributed by atoms with E-state index in [1.807, 2.05) is 13.8 Å². The Labute approximate surface area is 130 Å². The molecule has 0 saturated carbocycles. The van der Waals surface area contributed by atoms with E-state index < -0.39 is 5.97 Å². The Balaban J connectivity index is 3.21. The van der Waals surface area contributed by atoms with Gasteiger partial charge in [-0.25, -0.2) is 4.79 Å². The lowest BCUT2D eigenvalue weighted by atomic mass is 10.1. The van der Waals surface area contributed by atoms with Crippen LogP contribution >= 0.6 is 11.6 Å². The Morgan fingerprint density at radius 2 is 1.76 bits per heavy atom. The van der Waals surface area contributed by atoms with E-state index in [4.69, 9.17) is 26.2 Å². The standard InChI is InChI=1S/C16H21ClO4/c1-4-6-20-14-10-15(21-7-5-2)13(17)9-12(14)11(3)8-16(18)19/h8-10H,4-7H2,1-3H3,(H,18,19)/b11-8+. The van der Waals surface area contributed by atoms with Gasteiger partial charge in [0.25, 0.3) is 0 Å². The number of ether oxygens (including phenoxy) is 2. The molecular weight excluding hydrogens is 292 g/mol. The number of halogens is 1. The Morgan fingerprint density at radius 1 is 1.19 bits per heavy atom. The molecule has 1 aromatic carbocycles. The summed E-state index contributed by atoms with van der Waals surface area (Å²) in [5.74, 6) is 0.134. The van der Waals surface area contributed by atoms with Crippen molar-refractivity contribution >= 4 is 23.1 Å². The van der Waals surface area contributed by atoms with Crippen LogP contribution in [0.4, 0.5) is 0 Å². The van der Waals surface area contributed by atoms with Crippen molar-refractivity contribution in [3.05, 3.63) is 28.8 Å². The molecule has 0 fully saturated rings. The molecule has 0 aliphatic carbocycles. The van der Waals surface area contributed by atoms with Gasteiger partial charge in [-0.1, -0.05) is 25.4 Å². The van der Waals surface area contributed by atoms with Crippen molar-refractivity contribution in [2.24, 2.45) is 0 Å². The zero-order chi connectivity index (χ0) is 15.8.